The minimum Gasteiger partial charge on any atom is -0.342 e. The number of hydrogen-bond donors (Lipinski definition) is 1. The smallest absolute Gasteiger partial charge is 0.246 e. The lowest BCUT2D eigenvalue weighted by Crippen LogP contribution is -2.43. The molecule has 2 heterocycles. The lowest BCUT2D eigenvalue weighted by molar-refractivity contribution is -0.138. The van der Waals surface area contributed by atoms with Crippen molar-refractivity contribution in [1.82, 2.24) is 9.80 Å². The van der Waals surface area contributed by atoms with E-state index in [1.807, 2.05) is 21.9 Å². The second-order valence-electron chi connectivity index (χ2n) is 7.27. The van der Waals surface area contributed by atoms with E-state index in [0.29, 0.717) is 13.1 Å². The van der Waals surface area contributed by atoms with E-state index in [1.54, 1.807) is 24.3 Å². The molecule has 0 aliphatic carbocycles. The van der Waals surface area contributed by atoms with Crippen LogP contribution in [-0.2, 0) is 14.4 Å². The van der Waals surface area contributed by atoms with E-state index >= 15 is 0 Å². The molecule has 2 saturated heterocycles. The van der Waals surface area contributed by atoms with E-state index in [-0.39, 0.29) is 23.6 Å². The predicted molar refractivity (Wildman–Crippen MR) is 105 cm³/mol. The first-order valence-electron chi connectivity index (χ1n) is 9.66. The fourth-order valence-corrected chi connectivity index (χ4v) is 3.70. The molecular weight excluding hydrogens is 342 g/mol. The summed E-state index contributed by atoms with van der Waals surface area (Å²) in [6.07, 6.45) is 7.08. The zero-order chi connectivity index (χ0) is 19.2. The fraction of sp³-hybridized carbons (Fsp3) is 0.476. The Hall–Kier alpha value is -2.63. The van der Waals surface area contributed by atoms with Gasteiger partial charge in [0, 0.05) is 50.8 Å². The summed E-state index contributed by atoms with van der Waals surface area (Å²) in [5.41, 5.74) is 1.63. The second kappa shape index (κ2) is 8.84. The molecule has 6 heteroatoms. The summed E-state index contributed by atoms with van der Waals surface area (Å²) in [6.45, 7) is 4.51. The Labute approximate surface area is 160 Å². The van der Waals surface area contributed by atoms with Gasteiger partial charge in [-0.05, 0) is 49.5 Å². The van der Waals surface area contributed by atoms with Gasteiger partial charge < -0.3 is 15.1 Å². The number of likely N-dealkylation sites (tertiary alicyclic amines) is 2. The molecule has 2 aliphatic rings. The van der Waals surface area contributed by atoms with Crippen LogP contribution in [0.15, 0.2) is 30.3 Å². The van der Waals surface area contributed by atoms with Crippen molar-refractivity contribution in [3.05, 3.63) is 35.9 Å². The highest BCUT2D eigenvalue weighted by atomic mass is 16.2. The third-order valence-corrected chi connectivity index (χ3v) is 5.22. The predicted octanol–water partition coefficient (Wildman–Crippen LogP) is 2.52. The highest BCUT2D eigenvalue weighted by Crippen LogP contribution is 2.22. The number of carbonyl (C=O) groups excluding carboxylic acids is 3. The molecule has 144 valence electrons. The Bertz CT molecular complexity index is 713. The Morgan fingerprint density at radius 1 is 0.963 bits per heavy atom. The highest BCUT2D eigenvalue weighted by Gasteiger charge is 2.30. The molecule has 27 heavy (non-hydrogen) atoms. The lowest BCUT2D eigenvalue weighted by Gasteiger charge is -2.32. The van der Waals surface area contributed by atoms with Crippen LogP contribution in [0, 0.1) is 5.92 Å². The van der Waals surface area contributed by atoms with Gasteiger partial charge in [0.15, 0.2) is 0 Å². The maximum atomic E-state index is 12.5. The van der Waals surface area contributed by atoms with Crippen molar-refractivity contribution < 1.29 is 14.4 Å². The number of rotatable bonds is 4. The van der Waals surface area contributed by atoms with Gasteiger partial charge in [-0.2, -0.15) is 0 Å². The van der Waals surface area contributed by atoms with Gasteiger partial charge in [0.05, 0.1) is 0 Å². The summed E-state index contributed by atoms with van der Waals surface area (Å²) in [5.74, 6) is 0.208. The molecule has 0 unspecified atom stereocenters. The van der Waals surface area contributed by atoms with Gasteiger partial charge in [0.2, 0.25) is 17.7 Å². The fourth-order valence-electron chi connectivity index (χ4n) is 3.70. The largest absolute Gasteiger partial charge is 0.342 e. The number of carbonyl (C=O) groups is 3. The van der Waals surface area contributed by atoms with Crippen molar-refractivity contribution in [2.24, 2.45) is 5.92 Å². The van der Waals surface area contributed by atoms with Gasteiger partial charge in [-0.15, -0.1) is 0 Å². The lowest BCUT2D eigenvalue weighted by atomic mass is 9.95. The molecule has 0 spiro atoms. The molecule has 0 bridgehead atoms. The van der Waals surface area contributed by atoms with Gasteiger partial charge in [0.1, 0.15) is 0 Å². The van der Waals surface area contributed by atoms with Gasteiger partial charge >= 0.3 is 0 Å². The molecule has 1 aromatic carbocycles. The Kier molecular flexibility index (Phi) is 6.27. The van der Waals surface area contributed by atoms with E-state index < -0.39 is 0 Å². The Morgan fingerprint density at radius 3 is 2.19 bits per heavy atom. The molecule has 0 saturated carbocycles. The van der Waals surface area contributed by atoms with Crippen LogP contribution in [0.1, 0.15) is 38.2 Å². The topological polar surface area (TPSA) is 69.7 Å². The summed E-state index contributed by atoms with van der Waals surface area (Å²) in [5, 5.41) is 2.71. The van der Waals surface area contributed by atoms with Crippen molar-refractivity contribution in [1.29, 1.82) is 0 Å². The minimum absolute atomic E-state index is 0.0204. The summed E-state index contributed by atoms with van der Waals surface area (Å²) >= 11 is 0. The average Bonchev–Trinajstić information content (AvgIpc) is 3.21. The maximum Gasteiger partial charge on any atom is 0.246 e. The quantitative estimate of drug-likeness (QED) is 0.829. The first-order chi connectivity index (χ1) is 13.0. The zero-order valence-corrected chi connectivity index (χ0v) is 15.8. The molecule has 2 aliphatic heterocycles. The van der Waals surface area contributed by atoms with Crippen LogP contribution in [0.3, 0.4) is 0 Å². The van der Waals surface area contributed by atoms with Crippen LogP contribution in [0.2, 0.25) is 0 Å². The zero-order valence-electron chi connectivity index (χ0n) is 15.8. The molecule has 0 atom stereocenters. The van der Waals surface area contributed by atoms with E-state index in [4.69, 9.17) is 0 Å². The van der Waals surface area contributed by atoms with E-state index in [0.717, 1.165) is 50.0 Å². The number of benzene rings is 1. The van der Waals surface area contributed by atoms with Crippen LogP contribution in [0.4, 0.5) is 5.69 Å². The van der Waals surface area contributed by atoms with Crippen LogP contribution >= 0.6 is 0 Å². The molecular formula is C21H27N3O3. The molecule has 3 rings (SSSR count). The molecule has 0 aromatic heterocycles. The standard InChI is InChI=1S/C21H27N3O3/c1-16(25)22-19-7-4-17(5-8-19)6-9-20(26)23-14-10-18(11-15-23)21(27)24-12-2-3-13-24/h4-9,18H,2-3,10-15H2,1H3,(H,22,25). The number of nitrogens with one attached hydrogen (secondary N) is 1. The highest BCUT2D eigenvalue weighted by molar-refractivity contribution is 5.92. The molecule has 1 aromatic rings. The van der Waals surface area contributed by atoms with Crippen LogP contribution in [0.5, 0.6) is 0 Å². The van der Waals surface area contributed by atoms with Crippen molar-refractivity contribution in [2.45, 2.75) is 32.6 Å². The van der Waals surface area contributed by atoms with Crippen LogP contribution in [0.25, 0.3) is 6.08 Å². The van der Waals surface area contributed by atoms with Crippen LogP contribution < -0.4 is 5.32 Å². The molecule has 0 radical (unpaired) electrons. The number of hydrogen-bond acceptors (Lipinski definition) is 3. The van der Waals surface area contributed by atoms with Gasteiger partial charge in [-0.1, -0.05) is 12.1 Å². The number of anilines is 1. The van der Waals surface area contributed by atoms with Crippen LogP contribution in [-0.4, -0.2) is 53.7 Å². The number of nitrogens with zero attached hydrogens (tertiary/aromatic N) is 2. The third-order valence-electron chi connectivity index (χ3n) is 5.22. The number of amides is 3. The first-order valence-corrected chi connectivity index (χ1v) is 9.66. The van der Waals surface area contributed by atoms with E-state index in [2.05, 4.69) is 5.32 Å². The van der Waals surface area contributed by atoms with Crippen molar-refractivity contribution >= 4 is 29.5 Å². The third kappa shape index (κ3) is 5.18. The van der Waals surface area contributed by atoms with Gasteiger partial charge in [-0.3, -0.25) is 14.4 Å². The molecule has 1 N–H and O–H groups in total. The van der Waals surface area contributed by atoms with E-state index in [9.17, 15) is 14.4 Å². The second-order valence-corrected chi connectivity index (χ2v) is 7.27. The SMILES string of the molecule is CC(=O)Nc1ccc(C=CC(=O)N2CCC(C(=O)N3CCCC3)CC2)cc1. The molecule has 2 fully saturated rings. The van der Waals surface area contributed by atoms with Gasteiger partial charge in [-0.25, -0.2) is 0 Å². The van der Waals surface area contributed by atoms with E-state index in [1.165, 1.54) is 6.92 Å². The summed E-state index contributed by atoms with van der Waals surface area (Å²) in [4.78, 5) is 39.7. The molecule has 3 amide bonds. The van der Waals surface area contributed by atoms with Crippen molar-refractivity contribution in [3.8, 4) is 0 Å². The van der Waals surface area contributed by atoms with Crippen molar-refractivity contribution in [3.63, 3.8) is 0 Å². The monoisotopic (exact) mass is 369 g/mol. The van der Waals surface area contributed by atoms with Crippen molar-refractivity contribution in [2.75, 3.05) is 31.5 Å². The Balaban J connectivity index is 1.48. The number of piperidine rings is 1. The Morgan fingerprint density at radius 2 is 1.59 bits per heavy atom. The normalized spacial score (nSPS) is 18.1. The summed E-state index contributed by atoms with van der Waals surface area (Å²) < 4.78 is 0. The maximum absolute atomic E-state index is 12.5. The summed E-state index contributed by atoms with van der Waals surface area (Å²) in [6, 6.07) is 7.33. The minimum atomic E-state index is -0.111. The van der Waals surface area contributed by atoms with Gasteiger partial charge in [0.25, 0.3) is 0 Å². The average molecular weight is 369 g/mol. The summed E-state index contributed by atoms with van der Waals surface area (Å²) in [7, 11) is 0. The molecule has 6 nitrogen and oxygen atoms in total. The first kappa shape index (κ1) is 19.1.